The minimum atomic E-state index is 0.799. The van der Waals surface area contributed by atoms with E-state index in [1.807, 2.05) is 6.20 Å². The largest absolute Gasteiger partial charge is 0.353 e. The summed E-state index contributed by atoms with van der Waals surface area (Å²) in [7, 11) is 0. The Labute approximate surface area is 167 Å². The Kier molecular flexibility index (Phi) is 6.50. The summed E-state index contributed by atoms with van der Waals surface area (Å²) in [5.41, 5.74) is 1.26. The third-order valence-corrected chi connectivity index (χ3v) is 5.59. The molecule has 2 saturated heterocycles. The molecule has 2 aliphatic heterocycles. The monoisotopic (exact) mass is 378 g/mol. The molecule has 2 aliphatic rings. The van der Waals surface area contributed by atoms with E-state index >= 15 is 0 Å². The Morgan fingerprint density at radius 2 is 1.57 bits per heavy atom. The van der Waals surface area contributed by atoms with Gasteiger partial charge < -0.3 is 9.80 Å². The van der Waals surface area contributed by atoms with Gasteiger partial charge in [-0.3, -0.25) is 4.90 Å². The number of nitrogens with zero attached hydrogens (tertiary/aromatic N) is 6. The van der Waals surface area contributed by atoms with E-state index in [9.17, 15) is 0 Å². The minimum Gasteiger partial charge on any atom is -0.353 e. The van der Waals surface area contributed by atoms with E-state index in [2.05, 4.69) is 67.4 Å². The van der Waals surface area contributed by atoms with Crippen LogP contribution in [0.15, 0.2) is 42.6 Å². The minimum absolute atomic E-state index is 0.799. The molecule has 3 heterocycles. The highest BCUT2D eigenvalue weighted by atomic mass is 15.4. The molecule has 6 heteroatoms. The van der Waals surface area contributed by atoms with Crippen LogP contribution in [0.5, 0.6) is 0 Å². The molecule has 0 bridgehead atoms. The molecule has 0 N–H and O–H groups in total. The number of rotatable bonds is 5. The van der Waals surface area contributed by atoms with Gasteiger partial charge in [0.05, 0.1) is 6.20 Å². The van der Waals surface area contributed by atoms with Crippen LogP contribution in [0.1, 0.15) is 31.2 Å². The topological polar surface area (TPSA) is 48.4 Å². The van der Waals surface area contributed by atoms with Crippen molar-refractivity contribution in [3.05, 3.63) is 48.2 Å². The van der Waals surface area contributed by atoms with Crippen LogP contribution >= 0.6 is 0 Å². The zero-order valence-electron chi connectivity index (χ0n) is 16.6. The maximum absolute atomic E-state index is 4.83. The van der Waals surface area contributed by atoms with E-state index in [4.69, 9.17) is 4.98 Å². The summed E-state index contributed by atoms with van der Waals surface area (Å²) in [6.45, 7) is 7.14. The zero-order valence-corrected chi connectivity index (χ0v) is 16.6. The van der Waals surface area contributed by atoms with Gasteiger partial charge in [-0.05, 0) is 18.4 Å². The van der Waals surface area contributed by atoms with Crippen molar-refractivity contribution in [2.75, 3.05) is 55.6 Å². The molecule has 0 aliphatic carbocycles. The lowest BCUT2D eigenvalue weighted by atomic mass is 10.2. The summed E-state index contributed by atoms with van der Waals surface area (Å²) in [4.78, 5) is 12.0. The van der Waals surface area contributed by atoms with Crippen molar-refractivity contribution in [2.24, 2.45) is 0 Å². The molecule has 2 aromatic rings. The van der Waals surface area contributed by atoms with Crippen LogP contribution in [0.4, 0.5) is 11.8 Å². The first-order valence-corrected chi connectivity index (χ1v) is 10.5. The molecule has 0 saturated carbocycles. The van der Waals surface area contributed by atoms with E-state index in [1.54, 1.807) is 0 Å². The van der Waals surface area contributed by atoms with E-state index in [1.165, 1.54) is 31.2 Å². The Morgan fingerprint density at radius 3 is 2.32 bits per heavy atom. The van der Waals surface area contributed by atoms with Crippen molar-refractivity contribution >= 4 is 17.8 Å². The molecule has 28 heavy (non-hydrogen) atoms. The van der Waals surface area contributed by atoms with Gasteiger partial charge in [0.2, 0.25) is 5.95 Å². The molecule has 0 spiro atoms. The van der Waals surface area contributed by atoms with Gasteiger partial charge in [0.25, 0.3) is 0 Å². The fourth-order valence-corrected chi connectivity index (χ4v) is 3.90. The summed E-state index contributed by atoms with van der Waals surface area (Å²) in [6, 6.07) is 10.5. The number of anilines is 2. The molecule has 1 aromatic heterocycles. The highest BCUT2D eigenvalue weighted by molar-refractivity contribution is 5.49. The normalized spacial score (nSPS) is 19.1. The van der Waals surface area contributed by atoms with Crippen molar-refractivity contribution in [2.45, 2.75) is 25.7 Å². The Morgan fingerprint density at radius 1 is 0.821 bits per heavy atom. The van der Waals surface area contributed by atoms with Gasteiger partial charge in [0, 0.05) is 45.8 Å². The lowest BCUT2D eigenvalue weighted by Gasteiger charge is -2.34. The van der Waals surface area contributed by atoms with Gasteiger partial charge >= 0.3 is 0 Å². The maximum atomic E-state index is 4.83. The molecule has 4 rings (SSSR count). The van der Waals surface area contributed by atoms with Crippen LogP contribution in [0, 0.1) is 0 Å². The standard InChI is InChI=1S/C22H30N6/c1-2-7-14-28(13-6-1)22-24-21(19-23-25-22)27-17-15-26(16-18-27)12-8-11-20-9-4-3-5-10-20/h3-5,8-11,19H,1-2,6-7,12-18H2/b11-8+. The van der Waals surface area contributed by atoms with Crippen molar-refractivity contribution in [3.63, 3.8) is 0 Å². The average molecular weight is 379 g/mol. The molecule has 148 valence electrons. The quantitative estimate of drug-likeness (QED) is 0.797. The Bertz CT molecular complexity index is 747. The van der Waals surface area contributed by atoms with E-state index in [0.717, 1.165) is 57.6 Å². The van der Waals surface area contributed by atoms with Gasteiger partial charge in [-0.1, -0.05) is 55.3 Å². The van der Waals surface area contributed by atoms with Crippen LogP contribution in [0.2, 0.25) is 0 Å². The lowest BCUT2D eigenvalue weighted by Crippen LogP contribution is -2.46. The Hall–Kier alpha value is -2.47. The summed E-state index contributed by atoms with van der Waals surface area (Å²) in [5, 5.41) is 8.55. The number of benzene rings is 1. The fraction of sp³-hybridized carbons (Fsp3) is 0.500. The third kappa shape index (κ3) is 5.07. The van der Waals surface area contributed by atoms with Crippen LogP contribution in [0.3, 0.4) is 0 Å². The molecule has 0 unspecified atom stereocenters. The van der Waals surface area contributed by atoms with Crippen molar-refractivity contribution in [1.82, 2.24) is 20.1 Å². The van der Waals surface area contributed by atoms with Crippen molar-refractivity contribution < 1.29 is 0 Å². The van der Waals surface area contributed by atoms with Crippen molar-refractivity contribution in [3.8, 4) is 0 Å². The van der Waals surface area contributed by atoms with Gasteiger partial charge in [-0.15, -0.1) is 5.10 Å². The second-order valence-electron chi connectivity index (χ2n) is 7.62. The van der Waals surface area contributed by atoms with Gasteiger partial charge in [-0.25, -0.2) is 0 Å². The Balaban J connectivity index is 1.30. The molecule has 6 nitrogen and oxygen atoms in total. The van der Waals surface area contributed by atoms with E-state index in [-0.39, 0.29) is 0 Å². The average Bonchev–Trinajstić information content (AvgIpc) is 3.05. The first-order chi connectivity index (χ1) is 13.9. The number of hydrogen-bond acceptors (Lipinski definition) is 6. The van der Waals surface area contributed by atoms with E-state index in [0.29, 0.717) is 0 Å². The summed E-state index contributed by atoms with van der Waals surface area (Å²) >= 11 is 0. The van der Waals surface area contributed by atoms with Crippen LogP contribution in [-0.4, -0.2) is 65.9 Å². The van der Waals surface area contributed by atoms with Crippen LogP contribution < -0.4 is 9.80 Å². The molecule has 0 atom stereocenters. The molecule has 0 radical (unpaired) electrons. The molecular weight excluding hydrogens is 348 g/mol. The van der Waals surface area contributed by atoms with E-state index < -0.39 is 0 Å². The number of aromatic nitrogens is 3. The molecule has 1 aromatic carbocycles. The number of hydrogen-bond donors (Lipinski definition) is 0. The van der Waals surface area contributed by atoms with Gasteiger partial charge in [-0.2, -0.15) is 10.1 Å². The van der Waals surface area contributed by atoms with Gasteiger partial charge in [0.15, 0.2) is 5.82 Å². The SMILES string of the molecule is C(=C\c1ccccc1)/CN1CCN(c2cnnc(N3CCCCCC3)n2)CC1. The third-order valence-electron chi connectivity index (χ3n) is 5.59. The van der Waals surface area contributed by atoms with Crippen LogP contribution in [-0.2, 0) is 0 Å². The summed E-state index contributed by atoms with van der Waals surface area (Å²) < 4.78 is 0. The lowest BCUT2D eigenvalue weighted by molar-refractivity contribution is 0.283. The zero-order chi connectivity index (χ0) is 19.0. The predicted octanol–water partition coefficient (Wildman–Crippen LogP) is 3.09. The first kappa shape index (κ1) is 18.9. The second-order valence-corrected chi connectivity index (χ2v) is 7.62. The highest BCUT2D eigenvalue weighted by Crippen LogP contribution is 2.19. The summed E-state index contributed by atoms with van der Waals surface area (Å²) in [6.07, 6.45) is 11.3. The summed E-state index contributed by atoms with van der Waals surface area (Å²) in [5.74, 6) is 1.77. The molecule has 0 amide bonds. The highest BCUT2D eigenvalue weighted by Gasteiger charge is 2.19. The maximum Gasteiger partial charge on any atom is 0.247 e. The van der Waals surface area contributed by atoms with Gasteiger partial charge in [0.1, 0.15) is 0 Å². The van der Waals surface area contributed by atoms with Crippen LogP contribution in [0.25, 0.3) is 6.08 Å². The fourth-order valence-electron chi connectivity index (χ4n) is 3.90. The second kappa shape index (κ2) is 9.64. The first-order valence-electron chi connectivity index (χ1n) is 10.5. The number of piperazine rings is 1. The predicted molar refractivity (Wildman–Crippen MR) is 115 cm³/mol. The smallest absolute Gasteiger partial charge is 0.247 e. The molecule has 2 fully saturated rings. The molecular formula is C22H30N6. The van der Waals surface area contributed by atoms with Crippen molar-refractivity contribution in [1.29, 1.82) is 0 Å².